The number of aromatic nitrogens is 1. The summed E-state index contributed by atoms with van der Waals surface area (Å²) in [6, 6.07) is 7.71. The van der Waals surface area contributed by atoms with Crippen LogP contribution in [0, 0.1) is 5.92 Å². The van der Waals surface area contributed by atoms with Crippen molar-refractivity contribution in [2.24, 2.45) is 5.92 Å². The molecule has 2 N–H and O–H groups in total. The summed E-state index contributed by atoms with van der Waals surface area (Å²) in [4.78, 5) is 18.2. The summed E-state index contributed by atoms with van der Waals surface area (Å²) in [5.41, 5.74) is 5.47. The fraction of sp³-hybridized carbons (Fsp3) is 0.500. The first kappa shape index (κ1) is 18.3. The Labute approximate surface area is 154 Å². The van der Waals surface area contributed by atoms with Crippen LogP contribution in [0.5, 0.6) is 5.75 Å². The van der Waals surface area contributed by atoms with E-state index in [2.05, 4.69) is 4.98 Å². The van der Waals surface area contributed by atoms with Crippen molar-refractivity contribution in [1.29, 1.82) is 0 Å². The molecule has 1 fully saturated rings. The van der Waals surface area contributed by atoms with Crippen LogP contribution in [-0.2, 0) is 4.74 Å². The summed E-state index contributed by atoms with van der Waals surface area (Å²) >= 11 is 0. The number of fused-ring (bicyclic) bond motifs is 1. The van der Waals surface area contributed by atoms with Crippen LogP contribution in [-0.4, -0.2) is 41.3 Å². The van der Waals surface area contributed by atoms with E-state index in [1.807, 2.05) is 45.0 Å². The standard InChI is InChI=1S/C20H27N3O3/c1-20(2,3)26-19(24)23-11-5-6-14(12-23)13-25-17-8-4-7-16-15(17)9-10-22-18(16)21/h4,7-10,14H,5-6,11-13H2,1-3H3,(H2,21,22). The maximum absolute atomic E-state index is 12.3. The molecule has 0 aliphatic carbocycles. The number of benzene rings is 1. The maximum atomic E-state index is 12.3. The van der Waals surface area contributed by atoms with Crippen LogP contribution in [0.3, 0.4) is 0 Å². The average Bonchev–Trinajstić information content (AvgIpc) is 2.59. The predicted molar refractivity (Wildman–Crippen MR) is 102 cm³/mol. The number of carbonyl (C=O) groups excluding carboxylic acids is 1. The Balaban J connectivity index is 1.63. The summed E-state index contributed by atoms with van der Waals surface area (Å²) in [7, 11) is 0. The van der Waals surface area contributed by atoms with Crippen molar-refractivity contribution in [1.82, 2.24) is 9.88 Å². The van der Waals surface area contributed by atoms with Crippen LogP contribution in [0.15, 0.2) is 30.5 Å². The molecule has 1 amide bonds. The minimum Gasteiger partial charge on any atom is -0.493 e. The topological polar surface area (TPSA) is 77.7 Å². The zero-order valence-corrected chi connectivity index (χ0v) is 15.7. The average molecular weight is 357 g/mol. The van der Waals surface area contributed by atoms with E-state index in [0.29, 0.717) is 19.0 Å². The lowest BCUT2D eigenvalue weighted by Crippen LogP contribution is -2.44. The van der Waals surface area contributed by atoms with E-state index in [4.69, 9.17) is 15.2 Å². The number of pyridine rings is 1. The molecular formula is C20H27N3O3. The lowest BCUT2D eigenvalue weighted by atomic mass is 9.99. The molecule has 1 aromatic heterocycles. The first-order valence-electron chi connectivity index (χ1n) is 9.07. The molecule has 1 aliphatic rings. The van der Waals surface area contributed by atoms with Crippen molar-refractivity contribution in [3.63, 3.8) is 0 Å². The van der Waals surface area contributed by atoms with Gasteiger partial charge in [-0.3, -0.25) is 0 Å². The highest BCUT2D eigenvalue weighted by molar-refractivity contribution is 5.94. The van der Waals surface area contributed by atoms with Crippen LogP contribution in [0.1, 0.15) is 33.6 Å². The van der Waals surface area contributed by atoms with Crippen LogP contribution >= 0.6 is 0 Å². The number of anilines is 1. The highest BCUT2D eigenvalue weighted by Gasteiger charge is 2.28. The molecule has 2 aromatic rings. The van der Waals surface area contributed by atoms with Gasteiger partial charge in [0.1, 0.15) is 17.2 Å². The highest BCUT2D eigenvalue weighted by atomic mass is 16.6. The largest absolute Gasteiger partial charge is 0.493 e. The summed E-state index contributed by atoms with van der Waals surface area (Å²) in [6.07, 6.45) is 3.44. The Morgan fingerprint density at radius 3 is 2.88 bits per heavy atom. The number of amides is 1. The van der Waals surface area contributed by atoms with E-state index in [0.717, 1.165) is 35.9 Å². The van der Waals surface area contributed by atoms with Crippen molar-refractivity contribution in [2.75, 3.05) is 25.4 Å². The molecule has 6 nitrogen and oxygen atoms in total. The van der Waals surface area contributed by atoms with E-state index in [1.54, 1.807) is 11.1 Å². The van der Waals surface area contributed by atoms with Crippen LogP contribution in [0.25, 0.3) is 10.8 Å². The van der Waals surface area contributed by atoms with Gasteiger partial charge in [0, 0.05) is 36.0 Å². The molecule has 140 valence electrons. The number of nitrogens with two attached hydrogens (primary N) is 1. The molecule has 2 heterocycles. The summed E-state index contributed by atoms with van der Waals surface area (Å²) in [5.74, 6) is 1.58. The lowest BCUT2D eigenvalue weighted by Gasteiger charge is -2.34. The number of nitrogen functional groups attached to an aromatic ring is 1. The van der Waals surface area contributed by atoms with Crippen LogP contribution in [0.2, 0.25) is 0 Å². The third-order valence-corrected chi connectivity index (χ3v) is 4.44. The molecule has 26 heavy (non-hydrogen) atoms. The molecule has 0 saturated carbocycles. The van der Waals surface area contributed by atoms with Gasteiger partial charge in [-0.05, 0) is 45.7 Å². The maximum Gasteiger partial charge on any atom is 0.410 e. The van der Waals surface area contributed by atoms with Gasteiger partial charge >= 0.3 is 6.09 Å². The Morgan fingerprint density at radius 2 is 2.12 bits per heavy atom. The lowest BCUT2D eigenvalue weighted by molar-refractivity contribution is 0.0139. The van der Waals surface area contributed by atoms with Crippen molar-refractivity contribution in [2.45, 2.75) is 39.2 Å². The fourth-order valence-corrected chi connectivity index (χ4v) is 3.23. The van der Waals surface area contributed by atoms with E-state index in [9.17, 15) is 4.79 Å². The van der Waals surface area contributed by atoms with Gasteiger partial charge in [0.15, 0.2) is 0 Å². The smallest absolute Gasteiger partial charge is 0.410 e. The van der Waals surface area contributed by atoms with Crippen molar-refractivity contribution in [3.8, 4) is 5.75 Å². The quantitative estimate of drug-likeness (QED) is 0.903. The predicted octanol–water partition coefficient (Wildman–Crippen LogP) is 3.84. The van der Waals surface area contributed by atoms with Gasteiger partial charge in [0.25, 0.3) is 0 Å². The monoisotopic (exact) mass is 357 g/mol. The Hall–Kier alpha value is -2.50. The number of hydrogen-bond acceptors (Lipinski definition) is 5. The first-order valence-corrected chi connectivity index (χ1v) is 9.07. The highest BCUT2D eigenvalue weighted by Crippen LogP contribution is 2.29. The molecule has 0 spiro atoms. The van der Waals surface area contributed by atoms with E-state index in [-0.39, 0.29) is 12.0 Å². The molecule has 1 atom stereocenters. The molecule has 1 saturated heterocycles. The second-order valence-electron chi connectivity index (χ2n) is 7.79. The number of rotatable bonds is 3. The van der Waals surface area contributed by atoms with Gasteiger partial charge < -0.3 is 20.1 Å². The minimum absolute atomic E-state index is 0.244. The molecule has 1 unspecified atom stereocenters. The third kappa shape index (κ3) is 4.36. The number of likely N-dealkylation sites (tertiary alicyclic amines) is 1. The van der Waals surface area contributed by atoms with Gasteiger partial charge in [-0.1, -0.05) is 12.1 Å². The summed E-state index contributed by atoms with van der Waals surface area (Å²) < 4.78 is 11.6. The van der Waals surface area contributed by atoms with Crippen molar-refractivity contribution >= 4 is 22.7 Å². The second kappa shape index (κ2) is 7.40. The number of ether oxygens (including phenoxy) is 2. The molecule has 1 aliphatic heterocycles. The van der Waals surface area contributed by atoms with Crippen LogP contribution < -0.4 is 10.5 Å². The molecular weight excluding hydrogens is 330 g/mol. The minimum atomic E-state index is -0.475. The van der Waals surface area contributed by atoms with Gasteiger partial charge in [0.05, 0.1) is 6.61 Å². The number of hydrogen-bond donors (Lipinski definition) is 1. The van der Waals surface area contributed by atoms with Gasteiger partial charge in [-0.2, -0.15) is 0 Å². The summed E-state index contributed by atoms with van der Waals surface area (Å²) in [5, 5.41) is 1.85. The fourth-order valence-electron chi connectivity index (χ4n) is 3.23. The number of nitrogens with zero attached hydrogens (tertiary/aromatic N) is 2. The molecule has 3 rings (SSSR count). The van der Waals surface area contributed by atoms with E-state index < -0.39 is 5.60 Å². The number of carbonyl (C=O) groups is 1. The molecule has 6 heteroatoms. The SMILES string of the molecule is CC(C)(C)OC(=O)N1CCCC(COc2cccc3c(N)nccc23)C1. The molecule has 0 bridgehead atoms. The first-order chi connectivity index (χ1) is 12.3. The second-order valence-corrected chi connectivity index (χ2v) is 7.79. The Bertz CT molecular complexity index is 785. The van der Waals surface area contributed by atoms with Gasteiger partial charge in [-0.25, -0.2) is 9.78 Å². The van der Waals surface area contributed by atoms with Crippen molar-refractivity contribution < 1.29 is 14.3 Å². The van der Waals surface area contributed by atoms with E-state index in [1.165, 1.54) is 0 Å². The zero-order valence-electron chi connectivity index (χ0n) is 15.7. The van der Waals surface area contributed by atoms with E-state index >= 15 is 0 Å². The van der Waals surface area contributed by atoms with Gasteiger partial charge in [0.2, 0.25) is 0 Å². The summed E-state index contributed by atoms with van der Waals surface area (Å²) in [6.45, 7) is 7.61. The third-order valence-electron chi connectivity index (χ3n) is 4.44. The Kier molecular flexibility index (Phi) is 5.20. The molecule has 1 aromatic carbocycles. The Morgan fingerprint density at radius 1 is 1.31 bits per heavy atom. The van der Waals surface area contributed by atoms with Crippen LogP contribution in [0.4, 0.5) is 10.6 Å². The van der Waals surface area contributed by atoms with Gasteiger partial charge in [-0.15, -0.1) is 0 Å². The normalized spacial score (nSPS) is 18.0. The zero-order chi connectivity index (χ0) is 18.7. The van der Waals surface area contributed by atoms with Crippen molar-refractivity contribution in [3.05, 3.63) is 30.5 Å². The number of piperidine rings is 1. The molecule has 0 radical (unpaired) electrons.